The smallest absolute Gasteiger partial charge is 0.153 e. The molecule has 0 unspecified atom stereocenters. The molecule has 3 aromatic rings. The molecule has 4 nitrogen and oxygen atoms in total. The molecule has 1 aromatic heterocycles. The van der Waals surface area contributed by atoms with E-state index in [0.29, 0.717) is 11.5 Å². The van der Waals surface area contributed by atoms with Crippen molar-refractivity contribution in [2.75, 3.05) is 11.1 Å². The highest BCUT2D eigenvalue weighted by atomic mass is 16.5. The number of hydrogen-bond donors (Lipinski definition) is 2. The summed E-state index contributed by atoms with van der Waals surface area (Å²) in [5.74, 6) is 2.24. The van der Waals surface area contributed by atoms with Gasteiger partial charge < -0.3 is 15.8 Å². The van der Waals surface area contributed by atoms with Gasteiger partial charge in [0.05, 0.1) is 5.69 Å². The Labute approximate surface area is 123 Å². The molecule has 4 heteroatoms. The van der Waals surface area contributed by atoms with Gasteiger partial charge in [-0.1, -0.05) is 18.2 Å². The summed E-state index contributed by atoms with van der Waals surface area (Å²) in [5.41, 5.74) is 7.37. The second kappa shape index (κ2) is 5.96. The number of nitrogen functional groups attached to an aromatic ring is 1. The fourth-order valence-electron chi connectivity index (χ4n) is 1.89. The van der Waals surface area contributed by atoms with Crippen molar-refractivity contribution >= 4 is 17.2 Å². The van der Waals surface area contributed by atoms with Crippen LogP contribution in [0.15, 0.2) is 72.9 Å². The predicted octanol–water partition coefficient (Wildman–Crippen LogP) is 4.20. The van der Waals surface area contributed by atoms with Crippen molar-refractivity contribution in [2.24, 2.45) is 0 Å². The summed E-state index contributed by atoms with van der Waals surface area (Å²) in [5, 5.41) is 3.17. The molecule has 0 saturated heterocycles. The van der Waals surface area contributed by atoms with Crippen molar-refractivity contribution in [1.29, 1.82) is 0 Å². The Morgan fingerprint density at radius 3 is 2.24 bits per heavy atom. The first kappa shape index (κ1) is 13.0. The number of anilines is 3. The van der Waals surface area contributed by atoms with Gasteiger partial charge in [-0.05, 0) is 48.5 Å². The molecule has 1 heterocycles. The Morgan fingerprint density at radius 1 is 0.810 bits per heavy atom. The maximum Gasteiger partial charge on any atom is 0.153 e. The summed E-state index contributed by atoms with van der Waals surface area (Å²) in [4.78, 5) is 4.20. The summed E-state index contributed by atoms with van der Waals surface area (Å²) < 4.78 is 5.74. The Balaban J connectivity index is 1.71. The summed E-state index contributed by atoms with van der Waals surface area (Å²) in [6.07, 6.45) is 1.70. The van der Waals surface area contributed by atoms with Crippen LogP contribution in [0.4, 0.5) is 17.2 Å². The van der Waals surface area contributed by atoms with E-state index in [0.717, 1.165) is 17.2 Å². The van der Waals surface area contributed by atoms with Gasteiger partial charge in [-0.15, -0.1) is 0 Å². The number of para-hydroxylation sites is 1. The van der Waals surface area contributed by atoms with Gasteiger partial charge >= 0.3 is 0 Å². The van der Waals surface area contributed by atoms with Crippen LogP contribution in [0, 0.1) is 0 Å². The van der Waals surface area contributed by atoms with E-state index >= 15 is 0 Å². The highest BCUT2D eigenvalue weighted by molar-refractivity contribution is 5.68. The van der Waals surface area contributed by atoms with E-state index in [4.69, 9.17) is 10.5 Å². The number of pyridine rings is 1. The molecule has 0 bridgehead atoms. The van der Waals surface area contributed by atoms with Gasteiger partial charge in [-0.25, -0.2) is 4.98 Å². The first-order valence-corrected chi connectivity index (χ1v) is 6.62. The molecule has 3 N–H and O–H groups in total. The third kappa shape index (κ3) is 3.30. The highest BCUT2D eigenvalue weighted by Crippen LogP contribution is 2.25. The van der Waals surface area contributed by atoms with Crippen LogP contribution in [-0.2, 0) is 0 Å². The Bertz CT molecular complexity index is 712. The summed E-state index contributed by atoms with van der Waals surface area (Å²) in [6, 6.07) is 20.9. The third-order valence-corrected chi connectivity index (χ3v) is 2.93. The molecule has 0 spiro atoms. The molecule has 2 aromatic carbocycles. The van der Waals surface area contributed by atoms with Gasteiger partial charge in [-0.2, -0.15) is 0 Å². The van der Waals surface area contributed by atoms with E-state index in [9.17, 15) is 0 Å². The van der Waals surface area contributed by atoms with Crippen LogP contribution in [0.5, 0.6) is 11.5 Å². The molecule has 0 fully saturated rings. The van der Waals surface area contributed by atoms with Crippen molar-refractivity contribution in [3.8, 4) is 11.5 Å². The molecule has 21 heavy (non-hydrogen) atoms. The van der Waals surface area contributed by atoms with E-state index in [1.807, 2.05) is 60.7 Å². The molecule has 104 valence electrons. The Morgan fingerprint density at radius 2 is 1.52 bits per heavy atom. The second-order valence-electron chi connectivity index (χ2n) is 4.51. The van der Waals surface area contributed by atoms with E-state index in [2.05, 4.69) is 10.3 Å². The number of nitrogens with two attached hydrogens (primary N) is 1. The average molecular weight is 277 g/mol. The van der Waals surface area contributed by atoms with Crippen LogP contribution < -0.4 is 15.8 Å². The molecule has 0 aliphatic rings. The molecule has 0 atom stereocenters. The zero-order valence-electron chi connectivity index (χ0n) is 11.4. The SMILES string of the molecule is Nc1cccnc1Nc1ccc(Oc2ccccc2)cc1. The lowest BCUT2D eigenvalue weighted by Crippen LogP contribution is -1.98. The van der Waals surface area contributed by atoms with E-state index < -0.39 is 0 Å². The van der Waals surface area contributed by atoms with Crippen molar-refractivity contribution in [2.45, 2.75) is 0 Å². The number of aromatic nitrogens is 1. The van der Waals surface area contributed by atoms with Crippen molar-refractivity contribution in [3.05, 3.63) is 72.9 Å². The molecule has 0 radical (unpaired) electrons. The van der Waals surface area contributed by atoms with Gasteiger partial charge in [0, 0.05) is 11.9 Å². The normalized spacial score (nSPS) is 10.1. The van der Waals surface area contributed by atoms with Gasteiger partial charge in [0.25, 0.3) is 0 Å². The number of benzene rings is 2. The quantitative estimate of drug-likeness (QED) is 0.750. The van der Waals surface area contributed by atoms with Crippen LogP contribution in [0.1, 0.15) is 0 Å². The lowest BCUT2D eigenvalue weighted by atomic mass is 10.3. The minimum Gasteiger partial charge on any atom is -0.457 e. The zero-order valence-corrected chi connectivity index (χ0v) is 11.4. The van der Waals surface area contributed by atoms with Crippen LogP contribution in [0.3, 0.4) is 0 Å². The van der Waals surface area contributed by atoms with Gasteiger partial charge in [0.15, 0.2) is 5.82 Å². The summed E-state index contributed by atoms with van der Waals surface area (Å²) >= 11 is 0. The number of hydrogen-bond acceptors (Lipinski definition) is 4. The first-order chi connectivity index (χ1) is 10.3. The third-order valence-electron chi connectivity index (χ3n) is 2.93. The maximum absolute atomic E-state index is 5.85. The maximum atomic E-state index is 5.85. The molecular weight excluding hydrogens is 262 g/mol. The van der Waals surface area contributed by atoms with Crippen LogP contribution in [-0.4, -0.2) is 4.98 Å². The fraction of sp³-hybridized carbons (Fsp3) is 0. The monoisotopic (exact) mass is 277 g/mol. The standard InChI is InChI=1S/C17H15N3O/c18-16-7-4-12-19-17(16)20-13-8-10-15(11-9-13)21-14-5-2-1-3-6-14/h1-12H,18H2,(H,19,20). The lowest BCUT2D eigenvalue weighted by molar-refractivity contribution is 0.483. The number of nitrogens with one attached hydrogen (secondary N) is 1. The fourth-order valence-corrected chi connectivity index (χ4v) is 1.89. The summed E-state index contributed by atoms with van der Waals surface area (Å²) in [7, 11) is 0. The molecule has 0 saturated carbocycles. The molecule has 0 aliphatic carbocycles. The van der Waals surface area contributed by atoms with Crippen molar-refractivity contribution in [3.63, 3.8) is 0 Å². The lowest BCUT2D eigenvalue weighted by Gasteiger charge is -2.09. The number of nitrogens with zero attached hydrogens (tertiary/aromatic N) is 1. The van der Waals surface area contributed by atoms with Gasteiger partial charge in [0.1, 0.15) is 11.5 Å². The first-order valence-electron chi connectivity index (χ1n) is 6.62. The zero-order chi connectivity index (χ0) is 14.5. The van der Waals surface area contributed by atoms with Gasteiger partial charge in [-0.3, -0.25) is 0 Å². The minimum absolute atomic E-state index is 0.613. The molecule has 0 aliphatic heterocycles. The van der Waals surface area contributed by atoms with Gasteiger partial charge in [0.2, 0.25) is 0 Å². The molecule has 0 amide bonds. The van der Waals surface area contributed by atoms with Crippen LogP contribution in [0.2, 0.25) is 0 Å². The summed E-state index contributed by atoms with van der Waals surface area (Å²) in [6.45, 7) is 0. The number of ether oxygens (including phenoxy) is 1. The number of rotatable bonds is 4. The van der Waals surface area contributed by atoms with E-state index in [1.54, 1.807) is 12.3 Å². The highest BCUT2D eigenvalue weighted by Gasteiger charge is 2.01. The largest absolute Gasteiger partial charge is 0.457 e. The van der Waals surface area contributed by atoms with Crippen molar-refractivity contribution < 1.29 is 4.74 Å². The molecular formula is C17H15N3O. The molecule has 3 rings (SSSR count). The predicted molar refractivity (Wildman–Crippen MR) is 84.9 cm³/mol. The van der Waals surface area contributed by atoms with E-state index in [-0.39, 0.29) is 0 Å². The van der Waals surface area contributed by atoms with Crippen LogP contribution in [0.25, 0.3) is 0 Å². The van der Waals surface area contributed by atoms with Crippen molar-refractivity contribution in [1.82, 2.24) is 4.98 Å². The minimum atomic E-state index is 0.613. The second-order valence-corrected chi connectivity index (χ2v) is 4.51. The van der Waals surface area contributed by atoms with Crippen LogP contribution >= 0.6 is 0 Å². The topological polar surface area (TPSA) is 60.2 Å². The van der Waals surface area contributed by atoms with E-state index in [1.165, 1.54) is 0 Å². The average Bonchev–Trinajstić information content (AvgIpc) is 2.52. The Hall–Kier alpha value is -3.01. The Kier molecular flexibility index (Phi) is 3.69.